The average Bonchev–Trinajstić information content (AvgIpc) is 3.53. The van der Waals surface area contributed by atoms with Crippen LogP contribution in [0.3, 0.4) is 0 Å². The maximum atomic E-state index is 2.59. The maximum absolute atomic E-state index is 2.59. The van der Waals surface area contributed by atoms with Crippen molar-refractivity contribution in [3.8, 4) is 22.3 Å². The number of benzene rings is 4. The molecule has 2 atom stereocenters. The van der Waals surface area contributed by atoms with E-state index in [0.717, 1.165) is 0 Å². The molecule has 0 fully saturated rings. The van der Waals surface area contributed by atoms with Gasteiger partial charge in [-0.15, -0.1) is 0 Å². The number of halogens is 2. The molecule has 0 aromatic heterocycles. The van der Waals surface area contributed by atoms with Gasteiger partial charge in [-0.25, -0.2) is 0 Å². The molecule has 0 nitrogen and oxygen atoms in total. The van der Waals surface area contributed by atoms with E-state index < -0.39 is 23.2 Å². The Balaban J connectivity index is 0.00000260. The van der Waals surface area contributed by atoms with Gasteiger partial charge in [0.1, 0.15) is 0 Å². The van der Waals surface area contributed by atoms with Crippen molar-refractivity contribution in [3.63, 3.8) is 0 Å². The van der Waals surface area contributed by atoms with Crippen LogP contribution < -0.4 is 24.8 Å². The normalized spacial score (nSPS) is 16.8. The fraction of sp³-hybridized carbons (Fsp3) is 0.378. The zero-order valence-corrected chi connectivity index (χ0v) is 35.0. The van der Waals surface area contributed by atoms with Crippen LogP contribution >= 0.6 is 0 Å². The maximum Gasteiger partial charge on any atom is -1.00 e. The van der Waals surface area contributed by atoms with Crippen molar-refractivity contribution >= 4 is 12.2 Å². The molecule has 250 valence electrons. The Kier molecular flexibility index (Phi) is 11.4. The van der Waals surface area contributed by atoms with Gasteiger partial charge in [0, 0.05) is 0 Å². The van der Waals surface area contributed by atoms with Crippen LogP contribution in [0.15, 0.2) is 77.9 Å². The van der Waals surface area contributed by atoms with Crippen molar-refractivity contribution < 1.29 is 48.0 Å². The molecule has 48 heavy (non-hydrogen) atoms. The minimum atomic E-state index is -1.01. The van der Waals surface area contributed by atoms with Gasteiger partial charge >= 0.3 is 293 Å². The molecule has 2 unspecified atom stereocenters. The van der Waals surface area contributed by atoms with Crippen molar-refractivity contribution in [2.45, 2.75) is 101 Å². The molecule has 3 heteroatoms. The summed E-state index contributed by atoms with van der Waals surface area (Å²) in [5.74, 6) is 0.539. The smallest absolute Gasteiger partial charge is 1.00 e. The SMILES string of the molecule is CC1=Cc2c(-c3ccc(C(C)(C)C)cc3)c(C)c(C)c(C)c2[CH]1[Zr+2][CH]1C(C(C)C)=Cc2c(-c3ccc(C(C)(C)C)cc3)cccc21.[Cl-].[Cl-]. The molecule has 6 rings (SSSR count). The quantitative estimate of drug-likeness (QED) is 0.209. The van der Waals surface area contributed by atoms with Crippen molar-refractivity contribution in [2.75, 3.05) is 0 Å². The van der Waals surface area contributed by atoms with Gasteiger partial charge in [-0.1, -0.05) is 0 Å². The second-order valence-electron chi connectivity index (χ2n) is 16.3. The summed E-state index contributed by atoms with van der Waals surface area (Å²) in [4.78, 5) is 0. The minimum Gasteiger partial charge on any atom is -1.00 e. The van der Waals surface area contributed by atoms with Crippen LogP contribution in [0.1, 0.15) is 120 Å². The first kappa shape index (κ1) is 38.6. The molecule has 0 spiro atoms. The zero-order chi connectivity index (χ0) is 33.3. The Hall–Kier alpha value is -2.18. The third kappa shape index (κ3) is 6.91. The largest absolute Gasteiger partial charge is 1.00 e. The minimum absolute atomic E-state index is 0. The molecule has 4 aromatic carbocycles. The topological polar surface area (TPSA) is 0 Å². The Morgan fingerprint density at radius 2 is 1.12 bits per heavy atom. The van der Waals surface area contributed by atoms with Crippen molar-refractivity contribution in [2.24, 2.45) is 5.92 Å². The van der Waals surface area contributed by atoms with E-state index in [4.69, 9.17) is 0 Å². The number of hydrogen-bond acceptors (Lipinski definition) is 0. The van der Waals surface area contributed by atoms with Crippen LogP contribution in [0.2, 0.25) is 0 Å². The zero-order valence-electron chi connectivity index (χ0n) is 31.0. The summed E-state index contributed by atoms with van der Waals surface area (Å²) in [6.45, 7) is 28.1. The third-order valence-electron chi connectivity index (χ3n) is 10.8. The molecule has 0 radical (unpaired) electrons. The number of hydrogen-bond donors (Lipinski definition) is 0. The van der Waals surface area contributed by atoms with E-state index in [2.05, 4.69) is 162 Å². The Morgan fingerprint density at radius 3 is 1.65 bits per heavy atom. The molecule has 2 aliphatic rings. The average molecular weight is 755 g/mol. The van der Waals surface area contributed by atoms with Crippen molar-refractivity contribution in [1.82, 2.24) is 0 Å². The van der Waals surface area contributed by atoms with Crippen LogP contribution in [0, 0.1) is 26.7 Å². The summed E-state index contributed by atoms with van der Waals surface area (Å²) in [6, 6.07) is 25.9. The van der Waals surface area contributed by atoms with E-state index >= 15 is 0 Å². The summed E-state index contributed by atoms with van der Waals surface area (Å²) in [6.07, 6.45) is 5.15. The summed E-state index contributed by atoms with van der Waals surface area (Å²) in [7, 11) is 0. The molecule has 0 N–H and O–H groups in total. The third-order valence-corrected chi connectivity index (χ3v) is 15.8. The van der Waals surface area contributed by atoms with E-state index in [1.54, 1.807) is 22.3 Å². The van der Waals surface area contributed by atoms with Gasteiger partial charge in [0.25, 0.3) is 0 Å². The summed E-state index contributed by atoms with van der Waals surface area (Å²) < 4.78 is 1.17. The molecule has 4 aromatic rings. The number of fused-ring (bicyclic) bond motifs is 2. The van der Waals surface area contributed by atoms with Gasteiger partial charge in [0.05, 0.1) is 0 Å². The van der Waals surface area contributed by atoms with Crippen molar-refractivity contribution in [1.29, 1.82) is 0 Å². The molecule has 0 saturated heterocycles. The van der Waals surface area contributed by atoms with E-state index in [-0.39, 0.29) is 35.6 Å². The molecule has 0 bridgehead atoms. The first-order valence-electron chi connectivity index (χ1n) is 17.2. The van der Waals surface area contributed by atoms with Crippen LogP contribution in [0.4, 0.5) is 0 Å². The van der Waals surface area contributed by atoms with Gasteiger partial charge in [0.2, 0.25) is 0 Å². The van der Waals surface area contributed by atoms with Crippen molar-refractivity contribution in [3.05, 3.63) is 128 Å². The Bertz CT molecular complexity index is 1870. The molecular formula is C45H52Cl2Zr. The Labute approximate surface area is 315 Å². The standard InChI is InChI=1S/C23H27.C22H25.2ClH.Zr/c1-14-12-20-16(3)15(2)17(4)22(21(20)13-14)18-8-10-19(11-9-18)23(5,6)7;1-15(2)18-13-17-7-6-8-20(21(17)14-18)16-9-11-19(12-10-16)22(3,4)5;;;/h8-13H,1-7H3;6-15H,1-5H3;2*1H;/q;;;;+2/p-2. The molecular weight excluding hydrogens is 703 g/mol. The molecule has 0 aliphatic heterocycles. The fourth-order valence-corrected chi connectivity index (χ4v) is 13.2. The van der Waals surface area contributed by atoms with Gasteiger partial charge in [-0.3, -0.25) is 0 Å². The van der Waals surface area contributed by atoms with Gasteiger partial charge in [-0.2, -0.15) is 0 Å². The molecule has 2 aliphatic carbocycles. The second kappa shape index (κ2) is 14.2. The first-order chi connectivity index (χ1) is 21.6. The van der Waals surface area contributed by atoms with Gasteiger partial charge < -0.3 is 24.8 Å². The number of rotatable bonds is 5. The van der Waals surface area contributed by atoms with E-state index in [9.17, 15) is 0 Å². The predicted molar refractivity (Wildman–Crippen MR) is 197 cm³/mol. The van der Waals surface area contributed by atoms with E-state index in [0.29, 0.717) is 13.2 Å². The van der Waals surface area contributed by atoms with E-state index in [1.807, 2.05) is 0 Å². The first-order valence-corrected chi connectivity index (χ1v) is 20.1. The summed E-state index contributed by atoms with van der Waals surface area (Å²) in [5.41, 5.74) is 22.5. The van der Waals surface area contributed by atoms with Crippen LogP contribution in [-0.2, 0) is 34.1 Å². The molecule has 0 saturated carbocycles. The van der Waals surface area contributed by atoms with Crippen LogP contribution in [-0.4, -0.2) is 0 Å². The monoisotopic (exact) mass is 752 g/mol. The fourth-order valence-electron chi connectivity index (χ4n) is 7.67. The Morgan fingerprint density at radius 1 is 0.583 bits per heavy atom. The van der Waals surface area contributed by atoms with Crippen LogP contribution in [0.25, 0.3) is 34.4 Å². The predicted octanol–water partition coefficient (Wildman–Crippen LogP) is 6.88. The summed E-state index contributed by atoms with van der Waals surface area (Å²) in [5, 5.41) is 0. The van der Waals surface area contributed by atoms with Gasteiger partial charge in [0.15, 0.2) is 0 Å². The molecule has 0 amide bonds. The van der Waals surface area contributed by atoms with Crippen LogP contribution in [0.5, 0.6) is 0 Å². The second-order valence-corrected chi connectivity index (χ2v) is 19.9. The summed E-state index contributed by atoms with van der Waals surface area (Å²) >= 11 is -1.01. The number of allylic oxidation sites excluding steroid dienone is 2. The van der Waals surface area contributed by atoms with Gasteiger partial charge in [-0.05, 0) is 0 Å². The molecule has 0 heterocycles. The van der Waals surface area contributed by atoms with E-state index in [1.165, 1.54) is 61.2 Å².